The first kappa shape index (κ1) is 11.9. The van der Waals surface area contributed by atoms with Crippen LogP contribution in [0.5, 0.6) is 11.5 Å². The van der Waals surface area contributed by atoms with E-state index in [1.165, 1.54) is 9.13 Å². The first-order valence-electron chi connectivity index (χ1n) is 4.86. The smallest absolute Gasteiger partial charge is 0.127 e. The van der Waals surface area contributed by atoms with Gasteiger partial charge in [0.1, 0.15) is 11.5 Å². The van der Waals surface area contributed by atoms with Gasteiger partial charge >= 0.3 is 0 Å². The minimum absolute atomic E-state index is 0.867. The van der Waals surface area contributed by atoms with Crippen LogP contribution in [-0.4, -0.2) is 0 Å². The molecule has 2 rings (SSSR count). The third-order valence-corrected chi connectivity index (χ3v) is 3.49. The summed E-state index contributed by atoms with van der Waals surface area (Å²) in [6.45, 7) is 0. The fourth-order valence-electron chi connectivity index (χ4n) is 1.29. The van der Waals surface area contributed by atoms with Crippen molar-refractivity contribution in [3.05, 3.63) is 57.7 Å². The third kappa shape index (κ3) is 3.22. The summed E-state index contributed by atoms with van der Waals surface area (Å²) in [7, 11) is 0. The quantitative estimate of drug-likeness (QED) is 0.532. The van der Waals surface area contributed by atoms with Crippen LogP contribution < -0.4 is 4.74 Å². The Balaban J connectivity index is 2.11. The molecule has 16 heavy (non-hydrogen) atoms. The lowest BCUT2D eigenvalue weighted by Gasteiger charge is -2.06. The molecule has 2 aromatic carbocycles. The van der Waals surface area contributed by atoms with E-state index in [1.807, 2.05) is 36.4 Å². The van der Waals surface area contributed by atoms with E-state index in [9.17, 15) is 0 Å². The lowest BCUT2D eigenvalue weighted by Crippen LogP contribution is -1.84. The summed E-state index contributed by atoms with van der Waals surface area (Å²) in [6.07, 6.45) is 0. The molecule has 2 aromatic rings. The maximum absolute atomic E-state index is 5.71. The Kier molecular flexibility index (Phi) is 4.23. The number of benzene rings is 2. The Labute approximate surface area is 117 Å². The number of halogens is 2. The monoisotopic (exact) mass is 388 g/mol. The molecule has 0 aliphatic rings. The number of ether oxygens (including phenoxy) is 1. The molecule has 0 aromatic heterocycles. The molecule has 0 radical (unpaired) electrons. The number of alkyl halides is 1. The van der Waals surface area contributed by atoms with Gasteiger partial charge in [-0.15, -0.1) is 0 Å². The Hall–Kier alpha value is -0.550. The Morgan fingerprint density at radius 2 is 1.38 bits per heavy atom. The van der Waals surface area contributed by atoms with E-state index < -0.39 is 0 Å². The molecular formula is C13H10BrIO. The van der Waals surface area contributed by atoms with Crippen molar-refractivity contribution in [2.75, 3.05) is 0 Å². The maximum atomic E-state index is 5.71. The second-order valence-corrected chi connectivity index (χ2v) is 5.14. The molecule has 0 spiro atoms. The second kappa shape index (κ2) is 5.68. The molecule has 0 atom stereocenters. The first-order valence-corrected chi connectivity index (χ1v) is 7.06. The zero-order chi connectivity index (χ0) is 11.4. The zero-order valence-corrected chi connectivity index (χ0v) is 12.2. The van der Waals surface area contributed by atoms with Gasteiger partial charge in [-0.25, -0.2) is 0 Å². The summed E-state index contributed by atoms with van der Waals surface area (Å²) in [6, 6.07) is 16.1. The average molecular weight is 389 g/mol. The third-order valence-electron chi connectivity index (χ3n) is 2.13. The molecule has 82 valence electrons. The molecule has 0 amide bonds. The van der Waals surface area contributed by atoms with Crippen molar-refractivity contribution >= 4 is 38.5 Å². The minimum atomic E-state index is 0.867. The summed E-state index contributed by atoms with van der Waals surface area (Å²) >= 11 is 5.69. The van der Waals surface area contributed by atoms with Crippen LogP contribution in [0.1, 0.15) is 5.56 Å². The number of rotatable bonds is 3. The Bertz CT molecular complexity index is 450. The highest BCUT2D eigenvalue weighted by molar-refractivity contribution is 14.1. The SMILES string of the molecule is BrCc1ccc(Oc2ccc(I)cc2)cc1. The second-order valence-electron chi connectivity index (χ2n) is 3.33. The standard InChI is InChI=1S/C13H10BrIO/c14-9-10-1-5-12(6-2-10)16-13-7-3-11(15)4-8-13/h1-8H,9H2. The molecular weight excluding hydrogens is 379 g/mol. The van der Waals surface area contributed by atoms with Crippen LogP contribution in [0.4, 0.5) is 0 Å². The van der Waals surface area contributed by atoms with Crippen molar-refractivity contribution in [3.63, 3.8) is 0 Å². The van der Waals surface area contributed by atoms with Crippen LogP contribution in [0.15, 0.2) is 48.5 Å². The fraction of sp³-hybridized carbons (Fsp3) is 0.0769. The molecule has 0 saturated heterocycles. The van der Waals surface area contributed by atoms with Gasteiger partial charge < -0.3 is 4.74 Å². The topological polar surface area (TPSA) is 9.23 Å². The largest absolute Gasteiger partial charge is 0.457 e. The summed E-state index contributed by atoms with van der Waals surface area (Å²) in [5.74, 6) is 1.73. The van der Waals surface area contributed by atoms with E-state index in [0.29, 0.717) is 0 Å². The zero-order valence-electron chi connectivity index (χ0n) is 8.49. The van der Waals surface area contributed by atoms with Crippen LogP contribution in [0.25, 0.3) is 0 Å². The van der Waals surface area contributed by atoms with E-state index >= 15 is 0 Å². The predicted molar refractivity (Wildman–Crippen MR) is 78.3 cm³/mol. The summed E-state index contributed by atoms with van der Waals surface area (Å²) < 4.78 is 6.92. The van der Waals surface area contributed by atoms with Gasteiger partial charge in [0, 0.05) is 8.90 Å². The number of hydrogen-bond donors (Lipinski definition) is 0. The summed E-state index contributed by atoms with van der Waals surface area (Å²) in [5.41, 5.74) is 1.25. The van der Waals surface area contributed by atoms with Gasteiger partial charge in [-0.1, -0.05) is 28.1 Å². The highest BCUT2D eigenvalue weighted by Gasteiger charge is 1.97. The number of hydrogen-bond acceptors (Lipinski definition) is 1. The first-order chi connectivity index (χ1) is 7.78. The molecule has 0 unspecified atom stereocenters. The van der Waals surface area contributed by atoms with E-state index in [-0.39, 0.29) is 0 Å². The van der Waals surface area contributed by atoms with Gasteiger partial charge in [-0.3, -0.25) is 0 Å². The minimum Gasteiger partial charge on any atom is -0.457 e. The van der Waals surface area contributed by atoms with Crippen molar-refractivity contribution in [3.8, 4) is 11.5 Å². The van der Waals surface area contributed by atoms with Crippen LogP contribution in [0.2, 0.25) is 0 Å². The van der Waals surface area contributed by atoms with E-state index in [0.717, 1.165) is 16.8 Å². The van der Waals surface area contributed by atoms with Gasteiger partial charge in [-0.05, 0) is 64.6 Å². The predicted octanol–water partition coefficient (Wildman–Crippen LogP) is 4.98. The van der Waals surface area contributed by atoms with Crippen molar-refractivity contribution in [2.45, 2.75) is 5.33 Å². The molecule has 3 heteroatoms. The van der Waals surface area contributed by atoms with E-state index in [1.54, 1.807) is 0 Å². The molecule has 0 saturated carbocycles. The molecule has 0 N–H and O–H groups in total. The molecule has 0 aliphatic carbocycles. The Morgan fingerprint density at radius 1 is 0.875 bits per heavy atom. The molecule has 0 aliphatic heterocycles. The van der Waals surface area contributed by atoms with Gasteiger partial charge in [0.25, 0.3) is 0 Å². The van der Waals surface area contributed by atoms with Crippen LogP contribution >= 0.6 is 38.5 Å². The van der Waals surface area contributed by atoms with Gasteiger partial charge in [0.05, 0.1) is 0 Å². The van der Waals surface area contributed by atoms with E-state index in [4.69, 9.17) is 4.74 Å². The molecule has 0 heterocycles. The van der Waals surface area contributed by atoms with Gasteiger partial charge in [-0.2, -0.15) is 0 Å². The van der Waals surface area contributed by atoms with Crippen molar-refractivity contribution in [1.82, 2.24) is 0 Å². The van der Waals surface area contributed by atoms with Crippen molar-refractivity contribution < 1.29 is 4.74 Å². The lowest BCUT2D eigenvalue weighted by atomic mass is 10.2. The van der Waals surface area contributed by atoms with Gasteiger partial charge in [0.2, 0.25) is 0 Å². The van der Waals surface area contributed by atoms with Crippen LogP contribution in [0, 0.1) is 3.57 Å². The summed E-state index contributed by atoms with van der Waals surface area (Å²) in [5, 5.41) is 0.872. The van der Waals surface area contributed by atoms with Crippen LogP contribution in [-0.2, 0) is 5.33 Å². The van der Waals surface area contributed by atoms with Crippen molar-refractivity contribution in [1.29, 1.82) is 0 Å². The highest BCUT2D eigenvalue weighted by atomic mass is 127. The average Bonchev–Trinajstić information content (AvgIpc) is 2.33. The highest BCUT2D eigenvalue weighted by Crippen LogP contribution is 2.22. The Morgan fingerprint density at radius 3 is 1.88 bits per heavy atom. The fourth-order valence-corrected chi connectivity index (χ4v) is 2.02. The lowest BCUT2D eigenvalue weighted by molar-refractivity contribution is 0.482. The molecule has 0 bridgehead atoms. The maximum Gasteiger partial charge on any atom is 0.127 e. The van der Waals surface area contributed by atoms with Crippen LogP contribution in [0.3, 0.4) is 0 Å². The van der Waals surface area contributed by atoms with Crippen molar-refractivity contribution in [2.24, 2.45) is 0 Å². The molecule has 1 nitrogen and oxygen atoms in total. The normalized spacial score (nSPS) is 10.1. The summed E-state index contributed by atoms with van der Waals surface area (Å²) in [4.78, 5) is 0. The van der Waals surface area contributed by atoms with E-state index in [2.05, 4.69) is 50.7 Å². The van der Waals surface area contributed by atoms with Gasteiger partial charge in [0.15, 0.2) is 0 Å². The molecule has 0 fully saturated rings.